The normalized spacial score (nSPS) is 21.8. The molecule has 23 heteroatoms. The maximum atomic E-state index is 13.4. The largest absolute Gasteiger partial charge is 0.490 e. The Bertz CT molecular complexity index is 1590. The minimum atomic E-state index is -5.79. The number of esters is 1. The first-order chi connectivity index (χ1) is 20.9. The summed E-state index contributed by atoms with van der Waals surface area (Å²) in [6.07, 6.45) is -2.75. The monoisotopic (exact) mass is 733 g/mol. The lowest BCUT2D eigenvalue weighted by molar-refractivity contribution is -0.114. The minimum absolute atomic E-state index is 0.0428. The van der Waals surface area contributed by atoms with Crippen LogP contribution in [-0.2, 0) is 41.1 Å². The molecule has 0 spiro atoms. The van der Waals surface area contributed by atoms with Crippen molar-refractivity contribution in [2.24, 2.45) is 0 Å². The van der Waals surface area contributed by atoms with E-state index in [1.165, 1.54) is 19.2 Å². The molecule has 1 aliphatic heterocycles. The number of carbonyl (C=O) groups is 2. The van der Waals surface area contributed by atoms with Gasteiger partial charge in [0.1, 0.15) is 24.3 Å². The number of hydrogen-bond donors (Lipinski definition) is 5. The molecule has 0 saturated carbocycles. The molecule has 3 unspecified atom stereocenters. The van der Waals surface area contributed by atoms with Crippen molar-refractivity contribution in [2.45, 2.75) is 50.9 Å². The molecule has 18 nitrogen and oxygen atoms in total. The van der Waals surface area contributed by atoms with Gasteiger partial charge in [-0.05, 0) is 24.6 Å². The van der Waals surface area contributed by atoms with E-state index in [1.54, 1.807) is 45.9 Å². The van der Waals surface area contributed by atoms with Crippen molar-refractivity contribution in [1.29, 1.82) is 0 Å². The fourth-order valence-electron chi connectivity index (χ4n) is 3.96. The van der Waals surface area contributed by atoms with E-state index in [9.17, 15) is 37.9 Å². The lowest BCUT2D eigenvalue weighted by Crippen LogP contribution is -2.31. The van der Waals surface area contributed by atoms with Crippen molar-refractivity contribution >= 4 is 62.8 Å². The van der Waals surface area contributed by atoms with E-state index in [4.69, 9.17) is 23.8 Å². The van der Waals surface area contributed by atoms with Crippen LogP contribution in [0.5, 0.6) is 0 Å². The van der Waals surface area contributed by atoms with E-state index in [2.05, 4.69) is 18.9 Å². The van der Waals surface area contributed by atoms with Crippen LogP contribution in [0.1, 0.15) is 54.6 Å². The summed E-state index contributed by atoms with van der Waals surface area (Å²) < 4.78 is 59.6. The van der Waals surface area contributed by atoms with Gasteiger partial charge in [0, 0.05) is 30.5 Å². The lowest BCUT2D eigenvalue weighted by atomic mass is 10.0. The van der Waals surface area contributed by atoms with Gasteiger partial charge < -0.3 is 34.4 Å². The first kappa shape index (κ1) is 37.6. The molecule has 1 aromatic carbocycles. The molecule has 3 rings (SSSR count). The molecule has 0 radical (unpaired) electrons. The molecule has 5 N–H and O–H groups in total. The van der Waals surface area contributed by atoms with E-state index in [1.807, 2.05) is 13.8 Å². The summed E-state index contributed by atoms with van der Waals surface area (Å²) >= 11 is 0. The van der Waals surface area contributed by atoms with E-state index >= 15 is 0 Å². The summed E-state index contributed by atoms with van der Waals surface area (Å²) in [4.78, 5) is 77.9. The SMILES string of the molecule is CCSSC(C)c1ccccc1C(=O)O[C@@H]1C[C@H](n2ccc(NC(C)=O)nc2=O)O[C@@H]1COP(=O)(O)OP(=O)(O)OP(=O)(O)O. The van der Waals surface area contributed by atoms with Gasteiger partial charge in [-0.3, -0.25) is 13.9 Å². The topological polar surface area (TPSA) is 259 Å². The smallest absolute Gasteiger partial charge is 0.456 e. The fourth-order valence-corrected chi connectivity index (χ4v) is 8.97. The number of phosphoric ester groups is 1. The van der Waals surface area contributed by atoms with Gasteiger partial charge in [-0.15, -0.1) is 0 Å². The van der Waals surface area contributed by atoms with E-state index < -0.39 is 66.1 Å². The summed E-state index contributed by atoms with van der Waals surface area (Å²) in [5.41, 5.74) is 0.0278. The zero-order valence-corrected chi connectivity index (χ0v) is 28.0. The van der Waals surface area contributed by atoms with Crippen molar-refractivity contribution in [3.8, 4) is 0 Å². The molecule has 1 aliphatic rings. The summed E-state index contributed by atoms with van der Waals surface area (Å²) in [6.45, 7) is 4.17. The Labute approximate surface area is 264 Å². The van der Waals surface area contributed by atoms with Gasteiger partial charge in [-0.2, -0.15) is 13.6 Å². The molecule has 2 aromatic rings. The van der Waals surface area contributed by atoms with Gasteiger partial charge in [-0.25, -0.2) is 23.3 Å². The minimum Gasteiger partial charge on any atom is -0.456 e. The molecule has 250 valence electrons. The van der Waals surface area contributed by atoms with Crippen LogP contribution >= 0.6 is 45.1 Å². The van der Waals surface area contributed by atoms with Gasteiger partial charge in [0.25, 0.3) is 0 Å². The third kappa shape index (κ3) is 11.7. The Balaban J connectivity index is 1.85. The number of aromatic nitrogens is 2. The summed E-state index contributed by atoms with van der Waals surface area (Å²) in [5, 5.41) is 2.24. The van der Waals surface area contributed by atoms with Crippen LogP contribution in [0.4, 0.5) is 5.82 Å². The second kappa shape index (κ2) is 15.8. The fraction of sp³-hybridized carbons (Fsp3) is 0.455. The van der Waals surface area contributed by atoms with Crippen molar-refractivity contribution in [3.05, 3.63) is 58.1 Å². The van der Waals surface area contributed by atoms with E-state index in [0.717, 1.165) is 10.3 Å². The van der Waals surface area contributed by atoms with Gasteiger partial charge in [0.2, 0.25) is 5.91 Å². The average molecular weight is 734 g/mol. The molecular formula is C22H30N3O15P3S2. The van der Waals surface area contributed by atoms with Gasteiger partial charge in [0.15, 0.2) is 0 Å². The predicted molar refractivity (Wildman–Crippen MR) is 161 cm³/mol. The predicted octanol–water partition coefficient (Wildman–Crippen LogP) is 3.52. The average Bonchev–Trinajstić information content (AvgIpc) is 3.30. The molecule has 6 atom stereocenters. The molecule has 1 aromatic heterocycles. The quantitative estimate of drug-likeness (QED) is 0.0996. The molecule has 45 heavy (non-hydrogen) atoms. The second-order valence-electron chi connectivity index (χ2n) is 9.11. The molecule has 0 bridgehead atoms. The first-order valence-electron chi connectivity index (χ1n) is 12.8. The molecule has 1 saturated heterocycles. The van der Waals surface area contributed by atoms with Gasteiger partial charge >= 0.3 is 35.1 Å². The molecule has 1 fully saturated rings. The molecule has 0 aliphatic carbocycles. The molecule has 2 heterocycles. The van der Waals surface area contributed by atoms with Crippen LogP contribution in [-0.4, -0.2) is 65.6 Å². The highest BCUT2D eigenvalue weighted by Gasteiger charge is 2.44. The van der Waals surface area contributed by atoms with Crippen LogP contribution in [0.2, 0.25) is 0 Å². The van der Waals surface area contributed by atoms with E-state index in [0.29, 0.717) is 5.56 Å². The van der Waals surface area contributed by atoms with Crippen LogP contribution < -0.4 is 11.0 Å². The number of rotatable bonds is 15. The van der Waals surface area contributed by atoms with Crippen molar-refractivity contribution < 1.29 is 65.5 Å². The number of nitrogens with one attached hydrogen (secondary N) is 1. The Kier molecular flexibility index (Phi) is 13.2. The summed E-state index contributed by atoms with van der Waals surface area (Å²) in [7, 11) is -13.8. The van der Waals surface area contributed by atoms with Gasteiger partial charge in [0.05, 0.1) is 12.2 Å². The zero-order valence-electron chi connectivity index (χ0n) is 23.7. The highest BCUT2D eigenvalue weighted by atomic mass is 33.1. The Morgan fingerprint density at radius 2 is 1.82 bits per heavy atom. The number of anilines is 1. The number of ether oxygens (including phenoxy) is 2. The lowest BCUT2D eigenvalue weighted by Gasteiger charge is -2.22. The maximum absolute atomic E-state index is 13.4. The first-order valence-corrected chi connectivity index (χ1v) is 19.7. The van der Waals surface area contributed by atoms with Crippen molar-refractivity contribution in [2.75, 3.05) is 17.7 Å². The van der Waals surface area contributed by atoms with Crippen LogP contribution in [0, 0.1) is 0 Å². The van der Waals surface area contributed by atoms with Crippen LogP contribution in [0.15, 0.2) is 41.3 Å². The summed E-state index contributed by atoms with van der Waals surface area (Å²) in [5.74, 6) is -0.474. The second-order valence-corrected chi connectivity index (χ2v) is 16.5. The number of amides is 1. The summed E-state index contributed by atoms with van der Waals surface area (Å²) in [6, 6.07) is 8.00. The van der Waals surface area contributed by atoms with Crippen molar-refractivity contribution in [3.63, 3.8) is 0 Å². The standard InChI is InChI=1S/C22H30N3O15P3S2/c1-4-44-45-13(2)15-7-5-6-8-16(15)21(27)38-17-11-20(25-10-9-19(23-14(3)26)24-22(25)28)37-18(17)12-36-42(32,33)40-43(34,35)39-41(29,30)31/h5-10,13,17-18,20H,4,11-12H2,1-3H3,(H,32,33)(H,34,35)(H2,29,30,31)(H,23,24,26,28)/t13?,17-,18-,20-/m1/s1. The van der Waals surface area contributed by atoms with Crippen LogP contribution in [0.25, 0.3) is 0 Å². The number of nitrogens with zero attached hydrogens (tertiary/aromatic N) is 2. The third-order valence-corrected chi connectivity index (χ3v) is 12.3. The third-order valence-electron chi connectivity index (χ3n) is 5.65. The van der Waals surface area contributed by atoms with Crippen molar-refractivity contribution in [1.82, 2.24) is 9.55 Å². The number of benzene rings is 1. The van der Waals surface area contributed by atoms with E-state index in [-0.39, 0.29) is 23.1 Å². The Hall–Kier alpha value is -1.89. The number of hydrogen-bond acceptors (Lipinski definition) is 14. The molecule has 1 amide bonds. The zero-order chi connectivity index (χ0) is 33.6. The highest BCUT2D eigenvalue weighted by molar-refractivity contribution is 8.76. The number of carbonyl (C=O) groups excluding carboxylic acids is 2. The molecular weight excluding hydrogens is 703 g/mol. The maximum Gasteiger partial charge on any atom is 0.490 e. The Morgan fingerprint density at radius 3 is 2.44 bits per heavy atom. The van der Waals surface area contributed by atoms with Crippen LogP contribution in [0.3, 0.4) is 0 Å². The Morgan fingerprint density at radius 1 is 1.13 bits per heavy atom. The number of phosphoric acid groups is 3. The van der Waals surface area contributed by atoms with Gasteiger partial charge in [-0.1, -0.05) is 46.7 Å². The highest BCUT2D eigenvalue weighted by Crippen LogP contribution is 2.66.